The van der Waals surface area contributed by atoms with Gasteiger partial charge in [-0.3, -0.25) is 10.1 Å². The normalized spacial score (nSPS) is 9.52. The third-order valence-electron chi connectivity index (χ3n) is 3.40. The third kappa shape index (κ3) is 4.31. The van der Waals surface area contributed by atoms with Crippen molar-refractivity contribution in [2.24, 2.45) is 0 Å². The summed E-state index contributed by atoms with van der Waals surface area (Å²) < 4.78 is 0. The van der Waals surface area contributed by atoms with Gasteiger partial charge in [0, 0.05) is 22.8 Å². The molecular formula is C19H28N4. The Balaban J connectivity index is 0.000000615. The Morgan fingerprint density at radius 3 is 2.26 bits per heavy atom. The Kier molecular flexibility index (Phi) is 7.26. The van der Waals surface area contributed by atoms with Crippen LogP contribution in [0.5, 0.6) is 0 Å². The summed E-state index contributed by atoms with van der Waals surface area (Å²) in [5.74, 6) is 0.867. The average Bonchev–Trinajstić information content (AvgIpc) is 2.91. The van der Waals surface area contributed by atoms with Crippen molar-refractivity contribution in [3.05, 3.63) is 47.3 Å². The predicted molar refractivity (Wildman–Crippen MR) is 101 cm³/mol. The highest BCUT2D eigenvalue weighted by Gasteiger charge is 2.08. The molecule has 4 heteroatoms. The SMILES string of the molecule is CC.CC.Cc1ccc2nccc(Nc3n[nH]c(C)c3C)c2c1. The van der Waals surface area contributed by atoms with E-state index >= 15 is 0 Å². The van der Waals surface area contributed by atoms with Crippen molar-refractivity contribution >= 4 is 22.4 Å². The zero-order valence-corrected chi connectivity index (χ0v) is 15.3. The quantitative estimate of drug-likeness (QED) is 0.640. The van der Waals surface area contributed by atoms with Gasteiger partial charge in [-0.05, 0) is 39.0 Å². The Morgan fingerprint density at radius 1 is 0.957 bits per heavy atom. The van der Waals surface area contributed by atoms with Gasteiger partial charge in [0.15, 0.2) is 5.82 Å². The van der Waals surface area contributed by atoms with Crippen molar-refractivity contribution in [3.8, 4) is 0 Å². The van der Waals surface area contributed by atoms with Crippen LogP contribution in [0.15, 0.2) is 30.5 Å². The number of aromatic amines is 1. The monoisotopic (exact) mass is 312 g/mol. The zero-order chi connectivity index (χ0) is 17.4. The first-order chi connectivity index (χ1) is 11.1. The number of aromatic nitrogens is 3. The molecule has 2 aromatic heterocycles. The lowest BCUT2D eigenvalue weighted by Crippen LogP contribution is -1.95. The van der Waals surface area contributed by atoms with E-state index in [4.69, 9.17) is 0 Å². The Bertz CT molecular complexity index is 744. The number of benzene rings is 1. The maximum absolute atomic E-state index is 4.38. The average molecular weight is 312 g/mol. The second-order valence-electron chi connectivity index (χ2n) is 4.83. The number of aryl methyl sites for hydroxylation is 2. The number of hydrogen-bond acceptors (Lipinski definition) is 3. The van der Waals surface area contributed by atoms with Crippen LogP contribution in [0.1, 0.15) is 44.5 Å². The van der Waals surface area contributed by atoms with Gasteiger partial charge in [0.25, 0.3) is 0 Å². The lowest BCUT2D eigenvalue weighted by Gasteiger charge is -2.08. The van der Waals surface area contributed by atoms with E-state index in [0.717, 1.165) is 33.7 Å². The molecule has 0 spiro atoms. The largest absolute Gasteiger partial charge is 0.338 e. The molecule has 3 rings (SSSR count). The first kappa shape index (κ1) is 18.7. The van der Waals surface area contributed by atoms with Crippen LogP contribution in [0.2, 0.25) is 0 Å². The van der Waals surface area contributed by atoms with Gasteiger partial charge < -0.3 is 5.32 Å². The summed E-state index contributed by atoms with van der Waals surface area (Å²) in [6, 6.07) is 8.23. The van der Waals surface area contributed by atoms with Crippen LogP contribution in [0.4, 0.5) is 11.5 Å². The maximum Gasteiger partial charge on any atom is 0.155 e. The van der Waals surface area contributed by atoms with Crippen LogP contribution < -0.4 is 5.32 Å². The molecular weight excluding hydrogens is 284 g/mol. The summed E-state index contributed by atoms with van der Waals surface area (Å²) in [6.45, 7) is 14.2. The van der Waals surface area contributed by atoms with E-state index in [9.17, 15) is 0 Å². The van der Waals surface area contributed by atoms with Crippen molar-refractivity contribution in [1.29, 1.82) is 0 Å². The number of hydrogen-bond donors (Lipinski definition) is 2. The molecule has 124 valence electrons. The number of rotatable bonds is 2. The molecule has 0 aliphatic rings. The summed E-state index contributed by atoms with van der Waals surface area (Å²) in [5, 5.41) is 11.8. The lowest BCUT2D eigenvalue weighted by atomic mass is 10.1. The molecule has 2 N–H and O–H groups in total. The lowest BCUT2D eigenvalue weighted by molar-refractivity contribution is 1.05. The number of nitrogens with zero attached hydrogens (tertiary/aromatic N) is 2. The standard InChI is InChI=1S/C15H16N4.2C2H6/c1-9-4-5-13-12(8-9)14(6-7-16-13)17-15-10(2)11(3)18-19-15;2*1-2/h4-8H,1-3H3,(H2,16,17,18,19);2*1-2H3. The molecule has 0 fully saturated rings. The number of H-pyrrole nitrogens is 1. The maximum atomic E-state index is 4.38. The van der Waals surface area contributed by atoms with Gasteiger partial charge in [-0.1, -0.05) is 39.3 Å². The highest BCUT2D eigenvalue weighted by Crippen LogP contribution is 2.26. The Hall–Kier alpha value is -2.36. The highest BCUT2D eigenvalue weighted by molar-refractivity contribution is 5.93. The van der Waals surface area contributed by atoms with Gasteiger partial charge in [-0.2, -0.15) is 5.10 Å². The van der Waals surface area contributed by atoms with Crippen LogP contribution in [-0.2, 0) is 0 Å². The highest BCUT2D eigenvalue weighted by atomic mass is 15.2. The smallest absolute Gasteiger partial charge is 0.155 e. The van der Waals surface area contributed by atoms with Gasteiger partial charge in [0.1, 0.15) is 0 Å². The van der Waals surface area contributed by atoms with E-state index in [1.807, 2.05) is 52.9 Å². The van der Waals surface area contributed by atoms with Crippen LogP contribution in [0, 0.1) is 20.8 Å². The van der Waals surface area contributed by atoms with Crippen LogP contribution in [0.25, 0.3) is 10.9 Å². The summed E-state index contributed by atoms with van der Waals surface area (Å²) in [5.41, 5.74) is 5.46. The molecule has 0 saturated carbocycles. The number of pyridine rings is 1. The Labute approximate surface area is 139 Å². The second-order valence-corrected chi connectivity index (χ2v) is 4.83. The van der Waals surface area contributed by atoms with Gasteiger partial charge in [-0.25, -0.2) is 0 Å². The molecule has 23 heavy (non-hydrogen) atoms. The topological polar surface area (TPSA) is 53.6 Å². The molecule has 0 unspecified atom stereocenters. The van der Waals surface area contributed by atoms with E-state index in [2.05, 4.69) is 46.5 Å². The van der Waals surface area contributed by atoms with E-state index in [0.29, 0.717) is 0 Å². The number of anilines is 2. The molecule has 0 saturated heterocycles. The van der Waals surface area contributed by atoms with Crippen molar-refractivity contribution in [1.82, 2.24) is 15.2 Å². The second kappa shape index (κ2) is 8.93. The van der Waals surface area contributed by atoms with E-state index < -0.39 is 0 Å². The Morgan fingerprint density at radius 2 is 1.65 bits per heavy atom. The number of fused-ring (bicyclic) bond motifs is 1. The van der Waals surface area contributed by atoms with Gasteiger partial charge in [-0.15, -0.1) is 0 Å². The first-order valence-electron chi connectivity index (χ1n) is 8.29. The summed E-state index contributed by atoms with van der Waals surface area (Å²) >= 11 is 0. The van der Waals surface area contributed by atoms with E-state index in [-0.39, 0.29) is 0 Å². The van der Waals surface area contributed by atoms with Crippen LogP contribution in [0.3, 0.4) is 0 Å². The fourth-order valence-electron chi connectivity index (χ4n) is 2.10. The van der Waals surface area contributed by atoms with E-state index in [1.54, 1.807) is 0 Å². The van der Waals surface area contributed by atoms with Crippen molar-refractivity contribution in [2.45, 2.75) is 48.5 Å². The molecule has 0 bridgehead atoms. The summed E-state index contributed by atoms with van der Waals surface area (Å²) in [7, 11) is 0. The molecule has 0 radical (unpaired) electrons. The van der Waals surface area contributed by atoms with Crippen molar-refractivity contribution in [3.63, 3.8) is 0 Å². The minimum absolute atomic E-state index is 0.867. The summed E-state index contributed by atoms with van der Waals surface area (Å²) in [6.07, 6.45) is 1.81. The van der Waals surface area contributed by atoms with Gasteiger partial charge in [0.2, 0.25) is 0 Å². The predicted octanol–water partition coefficient (Wildman–Crippen LogP) is 5.68. The molecule has 0 aliphatic heterocycles. The fourth-order valence-corrected chi connectivity index (χ4v) is 2.10. The van der Waals surface area contributed by atoms with Crippen LogP contribution in [-0.4, -0.2) is 15.2 Å². The van der Waals surface area contributed by atoms with Gasteiger partial charge in [0.05, 0.1) is 11.2 Å². The molecule has 1 aromatic carbocycles. The molecule has 2 heterocycles. The van der Waals surface area contributed by atoms with Gasteiger partial charge >= 0.3 is 0 Å². The molecule has 0 aliphatic carbocycles. The van der Waals surface area contributed by atoms with Crippen LogP contribution >= 0.6 is 0 Å². The first-order valence-corrected chi connectivity index (χ1v) is 8.29. The molecule has 0 amide bonds. The molecule has 3 aromatic rings. The van der Waals surface area contributed by atoms with Crippen molar-refractivity contribution in [2.75, 3.05) is 5.32 Å². The third-order valence-corrected chi connectivity index (χ3v) is 3.40. The minimum Gasteiger partial charge on any atom is -0.338 e. The van der Waals surface area contributed by atoms with Crippen molar-refractivity contribution < 1.29 is 0 Å². The molecule has 4 nitrogen and oxygen atoms in total. The number of nitrogens with one attached hydrogen (secondary N) is 2. The fraction of sp³-hybridized carbons (Fsp3) is 0.368. The molecule has 0 atom stereocenters. The van der Waals surface area contributed by atoms with E-state index in [1.165, 1.54) is 5.56 Å². The summed E-state index contributed by atoms with van der Waals surface area (Å²) in [4.78, 5) is 4.38. The zero-order valence-electron chi connectivity index (χ0n) is 15.3. The minimum atomic E-state index is 0.867.